The number of piperidine rings is 1. The number of likely N-dealkylation sites (tertiary alicyclic amines) is 1. The quantitative estimate of drug-likeness (QED) is 0.933. The predicted octanol–water partition coefficient (Wildman–Crippen LogP) is 2.76. The first-order valence-corrected chi connectivity index (χ1v) is 6.88. The minimum Gasteiger partial charge on any atom is -0.338 e. The molecule has 2 N–H and O–H groups in total. The van der Waals surface area contributed by atoms with Crippen LogP contribution in [0.4, 0.5) is 4.39 Å². The molecule has 0 aliphatic carbocycles. The van der Waals surface area contributed by atoms with Crippen molar-refractivity contribution in [3.05, 3.63) is 35.1 Å². The van der Waals surface area contributed by atoms with E-state index in [2.05, 4.69) is 0 Å². The molecule has 0 bridgehead atoms. The van der Waals surface area contributed by atoms with Gasteiger partial charge < -0.3 is 10.6 Å². The van der Waals surface area contributed by atoms with E-state index < -0.39 is 5.82 Å². The molecule has 1 aliphatic rings. The first-order valence-electron chi connectivity index (χ1n) is 6.88. The monoisotopic (exact) mass is 300 g/mol. The summed E-state index contributed by atoms with van der Waals surface area (Å²) < 4.78 is 14.0. The number of carbonyl (C=O) groups excluding carboxylic acids is 1. The van der Waals surface area contributed by atoms with Gasteiger partial charge >= 0.3 is 0 Å². The van der Waals surface area contributed by atoms with E-state index in [1.54, 1.807) is 30.0 Å². The molecule has 1 amide bonds. The molecular formula is C15H22ClFN2O. The average molecular weight is 301 g/mol. The standard InChI is InChI=1S/C15H21FN2O.ClH/c1-11-4-2-6-13(14(11)16)15(19)18-9-3-5-12(10-18)7-8-17;/h2,4,6,12H,3,5,7-10,17H2,1H3;1H. The SMILES string of the molecule is Cc1cccc(C(=O)N2CCCC(CCN)C2)c1F.Cl. The molecule has 1 aromatic carbocycles. The zero-order valence-electron chi connectivity index (χ0n) is 11.8. The summed E-state index contributed by atoms with van der Waals surface area (Å²) >= 11 is 0. The van der Waals surface area contributed by atoms with Gasteiger partial charge in [-0.05, 0) is 50.3 Å². The van der Waals surface area contributed by atoms with Crippen molar-refractivity contribution in [1.82, 2.24) is 4.90 Å². The Morgan fingerprint density at radius 3 is 2.95 bits per heavy atom. The van der Waals surface area contributed by atoms with Gasteiger partial charge in [-0.3, -0.25) is 4.79 Å². The maximum Gasteiger partial charge on any atom is 0.256 e. The lowest BCUT2D eigenvalue weighted by Gasteiger charge is -2.32. The van der Waals surface area contributed by atoms with Crippen LogP contribution in [0.2, 0.25) is 0 Å². The Labute approximate surface area is 125 Å². The topological polar surface area (TPSA) is 46.3 Å². The molecule has 0 saturated carbocycles. The van der Waals surface area contributed by atoms with Crippen LogP contribution in [0.5, 0.6) is 0 Å². The number of nitrogens with zero attached hydrogens (tertiary/aromatic N) is 1. The van der Waals surface area contributed by atoms with Crippen molar-refractivity contribution < 1.29 is 9.18 Å². The molecule has 3 nitrogen and oxygen atoms in total. The van der Waals surface area contributed by atoms with Crippen LogP contribution in [0.3, 0.4) is 0 Å². The molecule has 0 radical (unpaired) electrons. The van der Waals surface area contributed by atoms with E-state index in [-0.39, 0.29) is 23.9 Å². The fourth-order valence-corrected chi connectivity index (χ4v) is 2.70. The van der Waals surface area contributed by atoms with Crippen molar-refractivity contribution >= 4 is 18.3 Å². The summed E-state index contributed by atoms with van der Waals surface area (Å²) in [5.41, 5.74) is 6.28. The normalized spacial score (nSPS) is 18.6. The van der Waals surface area contributed by atoms with E-state index in [1.807, 2.05) is 0 Å². The number of hydrogen-bond acceptors (Lipinski definition) is 2. The zero-order chi connectivity index (χ0) is 13.8. The lowest BCUT2D eigenvalue weighted by atomic mass is 9.94. The Morgan fingerprint density at radius 1 is 1.50 bits per heavy atom. The van der Waals surface area contributed by atoms with Crippen molar-refractivity contribution in [2.75, 3.05) is 19.6 Å². The smallest absolute Gasteiger partial charge is 0.256 e. The summed E-state index contributed by atoms with van der Waals surface area (Å²) in [6.07, 6.45) is 3.02. The van der Waals surface area contributed by atoms with E-state index >= 15 is 0 Å². The van der Waals surface area contributed by atoms with Crippen molar-refractivity contribution in [2.45, 2.75) is 26.2 Å². The van der Waals surface area contributed by atoms with Gasteiger partial charge in [0.1, 0.15) is 5.82 Å². The average Bonchev–Trinajstić information content (AvgIpc) is 2.42. The van der Waals surface area contributed by atoms with Gasteiger partial charge in [-0.15, -0.1) is 12.4 Å². The Morgan fingerprint density at radius 2 is 2.25 bits per heavy atom. The van der Waals surface area contributed by atoms with Crippen LogP contribution < -0.4 is 5.73 Å². The van der Waals surface area contributed by atoms with Crippen LogP contribution in [-0.4, -0.2) is 30.4 Å². The first kappa shape index (κ1) is 16.9. The van der Waals surface area contributed by atoms with Gasteiger partial charge in [0.25, 0.3) is 5.91 Å². The Bertz CT molecular complexity index is 465. The highest BCUT2D eigenvalue weighted by molar-refractivity contribution is 5.94. The lowest BCUT2D eigenvalue weighted by Crippen LogP contribution is -2.40. The molecular weight excluding hydrogens is 279 g/mol. The molecule has 0 spiro atoms. The van der Waals surface area contributed by atoms with Gasteiger partial charge in [0.05, 0.1) is 5.56 Å². The Kier molecular flexibility index (Phi) is 6.43. The van der Waals surface area contributed by atoms with Crippen LogP contribution in [-0.2, 0) is 0 Å². The van der Waals surface area contributed by atoms with Gasteiger partial charge in [0.2, 0.25) is 0 Å². The second-order valence-electron chi connectivity index (χ2n) is 5.27. The van der Waals surface area contributed by atoms with Gasteiger partial charge in [0, 0.05) is 13.1 Å². The largest absolute Gasteiger partial charge is 0.338 e. The highest BCUT2D eigenvalue weighted by atomic mass is 35.5. The van der Waals surface area contributed by atoms with Crippen molar-refractivity contribution in [1.29, 1.82) is 0 Å². The summed E-state index contributed by atoms with van der Waals surface area (Å²) in [4.78, 5) is 14.1. The molecule has 112 valence electrons. The van der Waals surface area contributed by atoms with Gasteiger partial charge in [-0.1, -0.05) is 12.1 Å². The van der Waals surface area contributed by atoms with Crippen molar-refractivity contribution in [2.24, 2.45) is 11.7 Å². The number of benzene rings is 1. The molecule has 1 heterocycles. The number of aryl methyl sites for hydroxylation is 1. The van der Waals surface area contributed by atoms with Crippen LogP contribution in [0, 0.1) is 18.7 Å². The number of nitrogens with two attached hydrogens (primary N) is 1. The number of carbonyl (C=O) groups is 1. The summed E-state index contributed by atoms with van der Waals surface area (Å²) in [5, 5.41) is 0. The Balaban J connectivity index is 0.00000200. The van der Waals surface area contributed by atoms with E-state index in [0.29, 0.717) is 31.1 Å². The summed E-state index contributed by atoms with van der Waals surface area (Å²) in [6, 6.07) is 4.98. The maximum atomic E-state index is 14.0. The highest BCUT2D eigenvalue weighted by Crippen LogP contribution is 2.22. The second-order valence-corrected chi connectivity index (χ2v) is 5.27. The number of rotatable bonds is 3. The minimum atomic E-state index is -0.395. The first-order chi connectivity index (χ1) is 9.13. The molecule has 1 atom stereocenters. The highest BCUT2D eigenvalue weighted by Gasteiger charge is 2.25. The fourth-order valence-electron chi connectivity index (χ4n) is 2.70. The molecule has 1 saturated heterocycles. The van der Waals surface area contributed by atoms with E-state index in [1.165, 1.54) is 0 Å². The molecule has 1 fully saturated rings. The third-order valence-electron chi connectivity index (χ3n) is 3.80. The van der Waals surface area contributed by atoms with Crippen LogP contribution in [0.15, 0.2) is 18.2 Å². The van der Waals surface area contributed by atoms with Gasteiger partial charge in [-0.25, -0.2) is 4.39 Å². The Hall–Kier alpha value is -1.13. The summed E-state index contributed by atoms with van der Waals surface area (Å²) in [5.74, 6) is -0.132. The van der Waals surface area contributed by atoms with Gasteiger partial charge in [0.15, 0.2) is 0 Å². The molecule has 0 aromatic heterocycles. The van der Waals surface area contributed by atoms with Crippen molar-refractivity contribution in [3.63, 3.8) is 0 Å². The van der Waals surface area contributed by atoms with Crippen LogP contribution in [0.25, 0.3) is 0 Å². The minimum absolute atomic E-state index is 0. The number of hydrogen-bond donors (Lipinski definition) is 1. The molecule has 1 unspecified atom stereocenters. The molecule has 1 aliphatic heterocycles. The predicted molar refractivity (Wildman–Crippen MR) is 80.7 cm³/mol. The van der Waals surface area contributed by atoms with Crippen LogP contribution in [0.1, 0.15) is 35.2 Å². The van der Waals surface area contributed by atoms with E-state index in [9.17, 15) is 9.18 Å². The number of halogens is 2. The molecule has 2 rings (SSSR count). The fraction of sp³-hybridized carbons (Fsp3) is 0.533. The third-order valence-corrected chi connectivity index (χ3v) is 3.80. The second kappa shape index (κ2) is 7.60. The maximum absolute atomic E-state index is 14.0. The van der Waals surface area contributed by atoms with Gasteiger partial charge in [-0.2, -0.15) is 0 Å². The molecule has 1 aromatic rings. The van der Waals surface area contributed by atoms with Crippen LogP contribution >= 0.6 is 12.4 Å². The summed E-state index contributed by atoms with van der Waals surface area (Å²) in [7, 11) is 0. The van der Waals surface area contributed by atoms with E-state index in [0.717, 1.165) is 19.3 Å². The summed E-state index contributed by atoms with van der Waals surface area (Å²) in [6.45, 7) is 3.74. The third kappa shape index (κ3) is 3.70. The molecule has 5 heteroatoms. The zero-order valence-corrected chi connectivity index (χ0v) is 12.6. The van der Waals surface area contributed by atoms with Crippen molar-refractivity contribution in [3.8, 4) is 0 Å². The van der Waals surface area contributed by atoms with E-state index in [4.69, 9.17) is 5.73 Å². The molecule has 20 heavy (non-hydrogen) atoms. The number of amides is 1. The lowest BCUT2D eigenvalue weighted by molar-refractivity contribution is 0.0664.